The third-order valence-corrected chi connectivity index (χ3v) is 4.13. The monoisotopic (exact) mass is 383 g/mol. The second-order valence-corrected chi connectivity index (χ2v) is 8.42. The van der Waals surface area contributed by atoms with Crippen molar-refractivity contribution in [3.05, 3.63) is 29.8 Å². The van der Waals surface area contributed by atoms with Crippen molar-refractivity contribution in [3.8, 4) is 0 Å². The van der Waals surface area contributed by atoms with E-state index in [-0.39, 0.29) is 22.9 Å². The lowest BCUT2D eigenvalue weighted by Crippen LogP contribution is -2.43. The van der Waals surface area contributed by atoms with Crippen molar-refractivity contribution < 1.29 is 13.2 Å². The quantitative estimate of drug-likeness (QED) is 0.399. The summed E-state index contributed by atoms with van der Waals surface area (Å²) in [5.41, 5.74) is 0.674. The van der Waals surface area contributed by atoms with Gasteiger partial charge in [0.2, 0.25) is 15.9 Å². The Labute approximate surface area is 155 Å². The molecule has 0 atom stereocenters. The number of aliphatic imine (C=N–C) groups is 1. The molecule has 9 heteroatoms. The van der Waals surface area contributed by atoms with Crippen molar-refractivity contribution in [3.63, 3.8) is 0 Å². The fourth-order valence-electron chi connectivity index (χ4n) is 2.12. The van der Waals surface area contributed by atoms with Crippen LogP contribution in [0.3, 0.4) is 0 Å². The van der Waals surface area contributed by atoms with Crippen LogP contribution in [0.25, 0.3) is 0 Å². The number of nitrogens with one attached hydrogen (secondary N) is 3. The molecule has 1 aromatic rings. The molecule has 146 valence electrons. The van der Waals surface area contributed by atoms with Crippen molar-refractivity contribution in [1.29, 1.82) is 0 Å². The van der Waals surface area contributed by atoms with Gasteiger partial charge in [-0.2, -0.15) is 0 Å². The lowest BCUT2D eigenvalue weighted by molar-refractivity contribution is -0.121. The van der Waals surface area contributed by atoms with E-state index in [9.17, 15) is 13.2 Å². The highest BCUT2D eigenvalue weighted by Gasteiger charge is 2.13. The zero-order valence-electron chi connectivity index (χ0n) is 15.8. The number of hydrogen-bond acceptors (Lipinski definition) is 4. The minimum atomic E-state index is -3.67. The van der Waals surface area contributed by atoms with Crippen molar-refractivity contribution in [2.45, 2.75) is 44.6 Å². The highest BCUT2D eigenvalue weighted by molar-refractivity contribution is 7.89. The third-order valence-electron chi connectivity index (χ3n) is 3.20. The Hall–Kier alpha value is -2.13. The highest BCUT2D eigenvalue weighted by atomic mass is 32.2. The van der Waals surface area contributed by atoms with Gasteiger partial charge in [-0.25, -0.2) is 18.5 Å². The fraction of sp³-hybridized carbons (Fsp3) is 0.529. The zero-order chi connectivity index (χ0) is 19.8. The maximum Gasteiger partial charge on any atom is 0.242 e. The van der Waals surface area contributed by atoms with E-state index < -0.39 is 10.0 Å². The number of amides is 1. The molecule has 0 heterocycles. The Morgan fingerprint density at radius 1 is 1.15 bits per heavy atom. The van der Waals surface area contributed by atoms with E-state index >= 15 is 0 Å². The molecule has 5 N–H and O–H groups in total. The summed E-state index contributed by atoms with van der Waals surface area (Å²) < 4.78 is 22.5. The zero-order valence-corrected chi connectivity index (χ0v) is 16.6. The van der Waals surface area contributed by atoms with E-state index in [0.29, 0.717) is 25.5 Å². The van der Waals surface area contributed by atoms with Crippen molar-refractivity contribution in [2.24, 2.45) is 10.1 Å². The maximum absolute atomic E-state index is 11.8. The maximum atomic E-state index is 11.8. The molecule has 0 aliphatic rings. The topological polar surface area (TPSA) is 126 Å². The number of carbonyl (C=O) groups is 1. The van der Waals surface area contributed by atoms with Gasteiger partial charge in [0.15, 0.2) is 5.96 Å². The summed E-state index contributed by atoms with van der Waals surface area (Å²) in [6.07, 6.45) is 0.670. The number of sulfonamides is 1. The summed E-state index contributed by atoms with van der Waals surface area (Å²) in [5, 5.41) is 14.2. The Balaban J connectivity index is 2.55. The van der Waals surface area contributed by atoms with Crippen molar-refractivity contribution in [2.75, 3.05) is 19.6 Å². The van der Waals surface area contributed by atoms with Crippen LogP contribution >= 0.6 is 0 Å². The molecule has 1 amide bonds. The smallest absolute Gasteiger partial charge is 0.242 e. The van der Waals surface area contributed by atoms with Gasteiger partial charge in [0.05, 0.1) is 4.90 Å². The van der Waals surface area contributed by atoms with E-state index in [2.05, 4.69) is 20.9 Å². The van der Waals surface area contributed by atoms with Gasteiger partial charge in [-0.05, 0) is 51.8 Å². The number of primary sulfonamides is 1. The molecule has 0 aliphatic heterocycles. The van der Waals surface area contributed by atoms with Crippen LogP contribution in [-0.2, 0) is 21.2 Å². The summed E-state index contributed by atoms with van der Waals surface area (Å²) in [7, 11) is -3.67. The standard InChI is InChI=1S/C17H29N5O3S/c1-5-19-16(21-12-15(23)22-17(2,3)4)20-11-10-13-6-8-14(9-7-13)26(18,24)25/h6-9H,5,10-12H2,1-4H3,(H,22,23)(H2,18,24,25)(H2,19,20,21). The first-order chi connectivity index (χ1) is 12.0. The van der Waals surface area contributed by atoms with Crippen LogP contribution in [0, 0.1) is 0 Å². The highest BCUT2D eigenvalue weighted by Crippen LogP contribution is 2.08. The van der Waals surface area contributed by atoms with Crippen LogP contribution in [0.4, 0.5) is 0 Å². The molecule has 0 saturated heterocycles. The normalized spacial score (nSPS) is 12.6. The molecule has 0 aromatic heterocycles. The van der Waals surface area contributed by atoms with Crippen LogP contribution in [0.15, 0.2) is 34.2 Å². The number of nitrogens with zero attached hydrogens (tertiary/aromatic N) is 1. The number of nitrogens with two attached hydrogens (primary N) is 1. The molecule has 0 fully saturated rings. The molecule has 8 nitrogen and oxygen atoms in total. The lowest BCUT2D eigenvalue weighted by Gasteiger charge is -2.20. The number of carbonyl (C=O) groups excluding carboxylic acids is 1. The van der Waals surface area contributed by atoms with Gasteiger partial charge in [0.25, 0.3) is 0 Å². The minimum Gasteiger partial charge on any atom is -0.357 e. The third kappa shape index (κ3) is 8.82. The second-order valence-electron chi connectivity index (χ2n) is 6.86. The molecule has 0 bridgehead atoms. The second kappa shape index (κ2) is 9.54. The summed E-state index contributed by atoms with van der Waals surface area (Å²) in [6.45, 7) is 8.99. The lowest BCUT2D eigenvalue weighted by atomic mass is 10.1. The van der Waals surface area contributed by atoms with Crippen molar-refractivity contribution in [1.82, 2.24) is 16.0 Å². The van der Waals surface area contributed by atoms with Gasteiger partial charge in [-0.15, -0.1) is 0 Å². The molecule has 1 aromatic carbocycles. The van der Waals surface area contributed by atoms with Gasteiger partial charge in [-0.1, -0.05) is 12.1 Å². The van der Waals surface area contributed by atoms with Crippen LogP contribution in [0.1, 0.15) is 33.3 Å². The number of benzene rings is 1. The number of hydrogen-bond donors (Lipinski definition) is 4. The molecule has 0 saturated carbocycles. The number of rotatable bonds is 7. The van der Waals surface area contributed by atoms with Crippen LogP contribution in [0.5, 0.6) is 0 Å². The molecule has 0 aliphatic carbocycles. The molecule has 1 rings (SSSR count). The van der Waals surface area contributed by atoms with Gasteiger partial charge in [0, 0.05) is 18.6 Å². The first-order valence-corrected chi connectivity index (χ1v) is 10.0. The average Bonchev–Trinajstić information content (AvgIpc) is 2.50. The molecular weight excluding hydrogens is 354 g/mol. The Morgan fingerprint density at radius 2 is 1.77 bits per heavy atom. The van der Waals surface area contributed by atoms with Crippen molar-refractivity contribution >= 4 is 21.9 Å². The molecular formula is C17H29N5O3S. The van der Waals surface area contributed by atoms with Gasteiger partial charge < -0.3 is 16.0 Å². The fourth-order valence-corrected chi connectivity index (χ4v) is 2.64. The predicted molar refractivity (Wildman–Crippen MR) is 103 cm³/mol. The molecule has 0 spiro atoms. The van der Waals surface area contributed by atoms with E-state index in [1.165, 1.54) is 12.1 Å². The largest absolute Gasteiger partial charge is 0.357 e. The van der Waals surface area contributed by atoms with E-state index in [4.69, 9.17) is 5.14 Å². The Morgan fingerprint density at radius 3 is 2.27 bits per heavy atom. The molecule has 0 radical (unpaired) electrons. The minimum absolute atomic E-state index is 0.0374. The van der Waals surface area contributed by atoms with Crippen LogP contribution in [-0.4, -0.2) is 45.5 Å². The summed E-state index contributed by atoms with van der Waals surface area (Å²) in [4.78, 5) is 16.2. The summed E-state index contributed by atoms with van der Waals surface area (Å²) in [6, 6.07) is 6.42. The van der Waals surface area contributed by atoms with Crippen LogP contribution < -0.4 is 21.1 Å². The Bertz CT molecular complexity index is 722. The predicted octanol–water partition coefficient (Wildman–Crippen LogP) is 0.346. The summed E-state index contributed by atoms with van der Waals surface area (Å²) in [5.74, 6) is 0.408. The average molecular weight is 384 g/mol. The molecule has 26 heavy (non-hydrogen) atoms. The summed E-state index contributed by atoms with van der Waals surface area (Å²) >= 11 is 0. The first kappa shape index (κ1) is 21.9. The number of guanidine groups is 1. The van der Waals surface area contributed by atoms with E-state index in [0.717, 1.165) is 5.56 Å². The Kier molecular flexibility index (Phi) is 8.04. The van der Waals surface area contributed by atoms with E-state index in [1.807, 2.05) is 27.7 Å². The van der Waals surface area contributed by atoms with Gasteiger partial charge in [-0.3, -0.25) is 4.79 Å². The molecule has 0 unspecified atom stereocenters. The first-order valence-electron chi connectivity index (χ1n) is 8.46. The van der Waals surface area contributed by atoms with E-state index in [1.54, 1.807) is 12.1 Å². The van der Waals surface area contributed by atoms with Gasteiger partial charge >= 0.3 is 0 Å². The van der Waals surface area contributed by atoms with Gasteiger partial charge in [0.1, 0.15) is 6.54 Å². The van der Waals surface area contributed by atoms with Crippen LogP contribution in [0.2, 0.25) is 0 Å². The SMILES string of the molecule is CCNC(=NCC(=O)NC(C)(C)C)NCCc1ccc(S(N)(=O)=O)cc1.